The van der Waals surface area contributed by atoms with Gasteiger partial charge in [-0.15, -0.1) is 0 Å². The lowest BCUT2D eigenvalue weighted by Gasteiger charge is -2.08. The Labute approximate surface area is 139 Å². The highest BCUT2D eigenvalue weighted by Crippen LogP contribution is 2.15. The second kappa shape index (κ2) is 7.22. The number of rotatable bonds is 6. The van der Waals surface area contributed by atoms with Crippen LogP contribution < -0.4 is 10.6 Å². The van der Waals surface area contributed by atoms with Crippen molar-refractivity contribution in [3.63, 3.8) is 0 Å². The molecule has 8 nitrogen and oxygen atoms in total. The van der Waals surface area contributed by atoms with Crippen LogP contribution in [0.3, 0.4) is 0 Å². The average Bonchev–Trinajstić information content (AvgIpc) is 3.26. The molecule has 1 atom stereocenters. The summed E-state index contributed by atoms with van der Waals surface area (Å²) in [4.78, 5) is 22.3. The summed E-state index contributed by atoms with van der Waals surface area (Å²) in [7, 11) is 0. The van der Waals surface area contributed by atoms with Crippen molar-refractivity contribution in [2.45, 2.75) is 12.8 Å². The van der Waals surface area contributed by atoms with Crippen LogP contribution in [0.4, 0.5) is 5.69 Å². The summed E-state index contributed by atoms with van der Waals surface area (Å²) in [5.74, 6) is 0.474. The fraction of sp³-hybridized carbons (Fsp3) is 0.375. The highest BCUT2D eigenvalue weighted by atomic mass is 16.6. The van der Waals surface area contributed by atoms with Gasteiger partial charge in [-0.2, -0.15) is 5.10 Å². The molecule has 126 valence electrons. The van der Waals surface area contributed by atoms with Crippen LogP contribution in [0.1, 0.15) is 23.2 Å². The van der Waals surface area contributed by atoms with E-state index in [4.69, 9.17) is 0 Å². The monoisotopic (exact) mass is 329 g/mol. The van der Waals surface area contributed by atoms with Crippen LogP contribution in [-0.2, 0) is 0 Å². The van der Waals surface area contributed by atoms with Crippen molar-refractivity contribution in [3.05, 3.63) is 52.3 Å². The number of nitro groups is 1. The summed E-state index contributed by atoms with van der Waals surface area (Å²) >= 11 is 0. The second-order valence-corrected chi connectivity index (χ2v) is 5.85. The molecule has 1 aromatic carbocycles. The number of hydrogen-bond donors (Lipinski definition) is 2. The number of carbonyl (C=O) groups excluding carboxylic acids is 1. The molecule has 8 heteroatoms. The molecule has 0 saturated carbocycles. The normalized spacial score (nSPS) is 16.9. The van der Waals surface area contributed by atoms with Crippen molar-refractivity contribution >= 4 is 11.6 Å². The molecule has 1 fully saturated rings. The third-order valence-corrected chi connectivity index (χ3v) is 4.17. The Balaban J connectivity index is 1.57. The Morgan fingerprint density at radius 1 is 1.42 bits per heavy atom. The van der Waals surface area contributed by atoms with Gasteiger partial charge in [0.05, 0.1) is 22.4 Å². The van der Waals surface area contributed by atoms with Gasteiger partial charge in [0, 0.05) is 24.9 Å². The minimum Gasteiger partial charge on any atom is -0.352 e. The molecule has 24 heavy (non-hydrogen) atoms. The molecule has 2 heterocycles. The number of hydrogen-bond acceptors (Lipinski definition) is 5. The van der Waals surface area contributed by atoms with Crippen LogP contribution in [-0.4, -0.2) is 40.2 Å². The van der Waals surface area contributed by atoms with E-state index in [2.05, 4.69) is 15.7 Å². The molecule has 1 aliphatic rings. The number of aromatic nitrogens is 2. The van der Waals surface area contributed by atoms with Crippen molar-refractivity contribution in [2.75, 3.05) is 19.6 Å². The molecule has 1 amide bonds. The summed E-state index contributed by atoms with van der Waals surface area (Å²) in [6, 6.07) is 6.01. The van der Waals surface area contributed by atoms with Crippen LogP contribution in [0.15, 0.2) is 36.7 Å². The molecule has 2 aromatic rings. The summed E-state index contributed by atoms with van der Waals surface area (Å²) in [6.45, 7) is 2.72. The predicted octanol–water partition coefficient (Wildman–Crippen LogP) is 1.51. The third-order valence-electron chi connectivity index (χ3n) is 4.17. The Morgan fingerprint density at radius 3 is 2.88 bits per heavy atom. The van der Waals surface area contributed by atoms with E-state index in [1.54, 1.807) is 18.3 Å². The number of nitro benzene ring substituents is 1. The first-order valence-electron chi connectivity index (χ1n) is 7.92. The Bertz CT molecular complexity index is 720. The third kappa shape index (κ3) is 3.77. The van der Waals surface area contributed by atoms with Crippen molar-refractivity contribution in [3.8, 4) is 5.69 Å². The number of nitrogens with zero attached hydrogens (tertiary/aromatic N) is 3. The van der Waals surface area contributed by atoms with Gasteiger partial charge < -0.3 is 10.6 Å². The lowest BCUT2D eigenvalue weighted by molar-refractivity contribution is -0.384. The van der Waals surface area contributed by atoms with E-state index >= 15 is 0 Å². The fourth-order valence-corrected chi connectivity index (χ4v) is 2.76. The molecular formula is C16H19N5O3. The number of nitrogens with one attached hydrogen (secondary N) is 2. The zero-order chi connectivity index (χ0) is 16.9. The van der Waals surface area contributed by atoms with E-state index < -0.39 is 4.92 Å². The Kier molecular flexibility index (Phi) is 4.85. The molecule has 0 spiro atoms. The molecule has 1 saturated heterocycles. The van der Waals surface area contributed by atoms with Gasteiger partial charge in [0.15, 0.2) is 0 Å². The summed E-state index contributed by atoms with van der Waals surface area (Å²) in [5, 5.41) is 21.0. The minimum atomic E-state index is -0.453. The zero-order valence-electron chi connectivity index (χ0n) is 13.1. The maximum atomic E-state index is 12.1. The van der Waals surface area contributed by atoms with Crippen LogP contribution in [0.25, 0.3) is 5.69 Å². The van der Waals surface area contributed by atoms with Crippen molar-refractivity contribution in [2.24, 2.45) is 5.92 Å². The molecule has 1 unspecified atom stereocenters. The second-order valence-electron chi connectivity index (χ2n) is 5.85. The molecule has 2 N–H and O–H groups in total. The standard InChI is InChI=1S/C16H19N5O3/c22-16(18-8-6-12-5-7-17-9-12)13-10-19-20(11-13)14-1-3-15(4-2-14)21(23)24/h1-4,10-12,17H,5-9H2,(H,18,22). The summed E-state index contributed by atoms with van der Waals surface area (Å²) in [5.41, 5.74) is 1.15. The first-order chi connectivity index (χ1) is 11.6. The van der Waals surface area contributed by atoms with Gasteiger partial charge in [-0.1, -0.05) is 0 Å². The van der Waals surface area contributed by atoms with Gasteiger partial charge in [0.25, 0.3) is 11.6 Å². The van der Waals surface area contributed by atoms with E-state index in [1.165, 1.54) is 23.0 Å². The van der Waals surface area contributed by atoms with E-state index in [9.17, 15) is 14.9 Å². The maximum absolute atomic E-state index is 12.1. The van der Waals surface area contributed by atoms with Crippen molar-refractivity contribution in [1.29, 1.82) is 0 Å². The Morgan fingerprint density at radius 2 is 2.21 bits per heavy atom. The highest BCUT2D eigenvalue weighted by molar-refractivity contribution is 5.93. The van der Waals surface area contributed by atoms with Gasteiger partial charge in [0.2, 0.25) is 0 Å². The SMILES string of the molecule is O=C(NCCC1CCNC1)c1cnn(-c2ccc([N+](=O)[O-])cc2)c1. The lowest BCUT2D eigenvalue weighted by Crippen LogP contribution is -2.26. The predicted molar refractivity (Wildman–Crippen MR) is 88.1 cm³/mol. The molecular weight excluding hydrogens is 310 g/mol. The number of benzene rings is 1. The molecule has 1 aromatic heterocycles. The van der Waals surface area contributed by atoms with E-state index in [1.807, 2.05) is 0 Å². The van der Waals surface area contributed by atoms with Gasteiger partial charge >= 0.3 is 0 Å². The van der Waals surface area contributed by atoms with Crippen LogP contribution in [0.2, 0.25) is 0 Å². The highest BCUT2D eigenvalue weighted by Gasteiger charge is 2.15. The molecule has 0 radical (unpaired) electrons. The van der Waals surface area contributed by atoms with Gasteiger partial charge in [-0.3, -0.25) is 14.9 Å². The molecule has 0 bridgehead atoms. The summed E-state index contributed by atoms with van der Waals surface area (Å²) in [6.07, 6.45) is 5.24. The van der Waals surface area contributed by atoms with Gasteiger partial charge in [0.1, 0.15) is 0 Å². The number of amides is 1. The minimum absolute atomic E-state index is 0.0188. The van der Waals surface area contributed by atoms with Crippen LogP contribution >= 0.6 is 0 Å². The van der Waals surface area contributed by atoms with E-state index in [0.717, 1.165) is 25.9 Å². The Hall–Kier alpha value is -2.74. The van der Waals surface area contributed by atoms with E-state index in [-0.39, 0.29) is 11.6 Å². The first kappa shape index (κ1) is 16.1. The topological polar surface area (TPSA) is 102 Å². The van der Waals surface area contributed by atoms with Crippen molar-refractivity contribution < 1.29 is 9.72 Å². The van der Waals surface area contributed by atoms with Gasteiger partial charge in [-0.05, 0) is 44.0 Å². The van der Waals surface area contributed by atoms with Crippen molar-refractivity contribution in [1.82, 2.24) is 20.4 Å². The van der Waals surface area contributed by atoms with Gasteiger partial charge in [-0.25, -0.2) is 4.68 Å². The smallest absolute Gasteiger partial charge is 0.269 e. The quantitative estimate of drug-likeness (QED) is 0.618. The van der Waals surface area contributed by atoms with E-state index in [0.29, 0.717) is 23.7 Å². The van der Waals surface area contributed by atoms with Crippen LogP contribution in [0, 0.1) is 16.0 Å². The maximum Gasteiger partial charge on any atom is 0.269 e. The summed E-state index contributed by atoms with van der Waals surface area (Å²) < 4.78 is 1.53. The first-order valence-corrected chi connectivity index (χ1v) is 7.92. The fourth-order valence-electron chi connectivity index (χ4n) is 2.76. The number of carbonyl (C=O) groups is 1. The average molecular weight is 329 g/mol. The lowest BCUT2D eigenvalue weighted by atomic mass is 10.1. The largest absolute Gasteiger partial charge is 0.352 e. The molecule has 0 aliphatic carbocycles. The van der Waals surface area contributed by atoms with Crippen LogP contribution in [0.5, 0.6) is 0 Å². The number of non-ortho nitro benzene ring substituents is 1. The molecule has 3 rings (SSSR count). The molecule has 1 aliphatic heterocycles. The zero-order valence-corrected chi connectivity index (χ0v) is 13.1.